The van der Waals surface area contributed by atoms with Crippen LogP contribution in [0.3, 0.4) is 0 Å². The standard InChI is InChI=1S/C37H46O13/c1-19-16-17-36(9,10)34(48-25(7)41)31(45-22(4)38)29(43)20(2)18-28-30(49-35(44)27-14-12-11-13-15-27)21(3)33(47-24(6)40)37(28,50-26(8)42)32(19)46-23(5)39/h11-16,18,21,28,30-34H,17H2,1-10H3/b19-16+,20-18+/t21-,28+,30+,31+,32-,33+,34?,37-/m1/s1. The molecule has 13 nitrogen and oxygen atoms in total. The molecule has 2 aliphatic carbocycles. The minimum absolute atomic E-state index is 0.0589. The van der Waals surface area contributed by atoms with Gasteiger partial charge in [-0.15, -0.1) is 0 Å². The van der Waals surface area contributed by atoms with Crippen molar-refractivity contribution in [3.8, 4) is 0 Å². The average molecular weight is 699 g/mol. The van der Waals surface area contributed by atoms with Crippen LogP contribution in [-0.4, -0.2) is 77.7 Å². The molecule has 0 amide bonds. The highest BCUT2D eigenvalue weighted by molar-refractivity contribution is 6.00. The van der Waals surface area contributed by atoms with Gasteiger partial charge in [-0.25, -0.2) is 4.79 Å². The Balaban J connectivity index is 2.49. The molecule has 0 saturated heterocycles. The number of hydrogen-bond donors (Lipinski definition) is 0. The van der Waals surface area contributed by atoms with Crippen LogP contribution >= 0.6 is 0 Å². The molecule has 1 unspecified atom stereocenters. The molecule has 0 N–H and O–H groups in total. The molecule has 8 atom stereocenters. The van der Waals surface area contributed by atoms with E-state index < -0.39 is 95.0 Å². The number of ketones is 1. The lowest BCUT2D eigenvalue weighted by Gasteiger charge is -2.44. The van der Waals surface area contributed by atoms with Gasteiger partial charge in [-0.2, -0.15) is 0 Å². The highest BCUT2D eigenvalue weighted by atomic mass is 16.6. The normalized spacial score (nSPS) is 31.4. The molecule has 0 heterocycles. The summed E-state index contributed by atoms with van der Waals surface area (Å²) >= 11 is 0. The minimum Gasteiger partial charge on any atom is -0.458 e. The fraction of sp³-hybridized carbons (Fsp3) is 0.541. The van der Waals surface area contributed by atoms with E-state index in [1.807, 2.05) is 0 Å². The number of Topliss-reactive ketones (excluding diaryl/α,β-unsaturated/α-hetero) is 1. The maximum absolute atomic E-state index is 14.4. The third kappa shape index (κ3) is 8.67. The van der Waals surface area contributed by atoms with E-state index in [9.17, 15) is 33.6 Å². The maximum atomic E-state index is 14.4. The first-order chi connectivity index (χ1) is 23.2. The number of esters is 6. The Hall–Kier alpha value is -4.81. The second kappa shape index (κ2) is 15.8. The van der Waals surface area contributed by atoms with E-state index in [0.717, 1.165) is 34.6 Å². The molecule has 1 fully saturated rings. The molecule has 0 spiro atoms. The van der Waals surface area contributed by atoms with Crippen LogP contribution in [0.15, 0.2) is 53.6 Å². The molecule has 2 aliphatic rings. The molecule has 50 heavy (non-hydrogen) atoms. The van der Waals surface area contributed by atoms with Crippen LogP contribution in [0.1, 0.15) is 86.0 Å². The second-order valence-electron chi connectivity index (χ2n) is 13.5. The van der Waals surface area contributed by atoms with Crippen molar-refractivity contribution in [2.45, 2.75) is 112 Å². The molecule has 1 aromatic carbocycles. The smallest absolute Gasteiger partial charge is 0.338 e. The van der Waals surface area contributed by atoms with E-state index in [1.165, 1.54) is 25.1 Å². The van der Waals surface area contributed by atoms with E-state index >= 15 is 0 Å². The number of rotatable bonds is 7. The highest BCUT2D eigenvalue weighted by Crippen LogP contribution is 2.52. The van der Waals surface area contributed by atoms with Gasteiger partial charge in [-0.05, 0) is 43.5 Å². The van der Waals surface area contributed by atoms with Crippen molar-refractivity contribution in [3.63, 3.8) is 0 Å². The summed E-state index contributed by atoms with van der Waals surface area (Å²) in [4.78, 5) is 91.3. The van der Waals surface area contributed by atoms with Crippen LogP contribution in [0.5, 0.6) is 0 Å². The summed E-state index contributed by atoms with van der Waals surface area (Å²) < 4.78 is 35.3. The molecule has 0 radical (unpaired) electrons. The molecular weight excluding hydrogens is 652 g/mol. The van der Waals surface area contributed by atoms with Crippen molar-refractivity contribution in [3.05, 3.63) is 59.2 Å². The van der Waals surface area contributed by atoms with E-state index in [0.29, 0.717) is 5.57 Å². The third-order valence-electron chi connectivity index (χ3n) is 8.95. The van der Waals surface area contributed by atoms with Crippen LogP contribution in [0.2, 0.25) is 0 Å². The molecule has 13 heteroatoms. The third-order valence-corrected chi connectivity index (χ3v) is 8.95. The van der Waals surface area contributed by atoms with Gasteiger partial charge in [0, 0.05) is 46.0 Å². The van der Waals surface area contributed by atoms with Gasteiger partial charge in [0.2, 0.25) is 11.9 Å². The zero-order valence-electron chi connectivity index (χ0n) is 30.1. The van der Waals surface area contributed by atoms with Gasteiger partial charge in [-0.3, -0.25) is 28.8 Å². The van der Waals surface area contributed by atoms with E-state index in [1.54, 1.807) is 52.0 Å². The summed E-state index contributed by atoms with van der Waals surface area (Å²) in [7, 11) is 0. The number of benzene rings is 1. The van der Waals surface area contributed by atoms with Crippen LogP contribution in [0, 0.1) is 17.3 Å². The first kappa shape index (κ1) is 39.6. The molecule has 272 valence electrons. The Morgan fingerprint density at radius 2 is 1.26 bits per heavy atom. The largest absolute Gasteiger partial charge is 0.458 e. The quantitative estimate of drug-likeness (QED) is 0.223. The van der Waals surface area contributed by atoms with Crippen molar-refractivity contribution >= 4 is 41.6 Å². The second-order valence-corrected chi connectivity index (χ2v) is 13.5. The van der Waals surface area contributed by atoms with E-state index in [-0.39, 0.29) is 17.6 Å². The lowest BCUT2D eigenvalue weighted by molar-refractivity contribution is -0.210. The number of carbonyl (C=O) groups is 7. The lowest BCUT2D eigenvalue weighted by atomic mass is 9.74. The zero-order chi connectivity index (χ0) is 37.7. The molecule has 0 bridgehead atoms. The van der Waals surface area contributed by atoms with Crippen molar-refractivity contribution in [1.82, 2.24) is 0 Å². The van der Waals surface area contributed by atoms with Gasteiger partial charge in [-0.1, -0.05) is 51.1 Å². The van der Waals surface area contributed by atoms with Crippen molar-refractivity contribution in [2.24, 2.45) is 17.3 Å². The molecule has 1 saturated carbocycles. The SMILES string of the molecule is CC(=O)OC1[C@@H](OC(C)=O)C(=O)/C(C)=C/[C@H]2[C@@H](OC(=O)c3ccccc3)[C@@H](C)[C@H](OC(C)=O)[C@]2(OC(C)=O)[C@H](OC(C)=O)/C(C)=C/CC1(C)C. The Bertz CT molecular complexity index is 1570. The summed E-state index contributed by atoms with van der Waals surface area (Å²) in [6, 6.07) is 8.06. The average Bonchev–Trinajstić information content (AvgIpc) is 3.21. The van der Waals surface area contributed by atoms with Gasteiger partial charge in [0.05, 0.1) is 11.5 Å². The first-order valence-corrected chi connectivity index (χ1v) is 16.3. The van der Waals surface area contributed by atoms with Gasteiger partial charge in [0.25, 0.3) is 0 Å². The fourth-order valence-corrected chi connectivity index (χ4v) is 6.83. The van der Waals surface area contributed by atoms with E-state index in [4.69, 9.17) is 28.4 Å². The topological polar surface area (TPSA) is 175 Å². The summed E-state index contributed by atoms with van der Waals surface area (Å²) in [5.74, 6) is -7.70. The first-order valence-electron chi connectivity index (χ1n) is 16.3. The predicted molar refractivity (Wildman–Crippen MR) is 176 cm³/mol. The Kier molecular flexibility index (Phi) is 12.5. The monoisotopic (exact) mass is 698 g/mol. The lowest BCUT2D eigenvalue weighted by Crippen LogP contribution is -2.60. The maximum Gasteiger partial charge on any atom is 0.338 e. The molecule has 0 aromatic heterocycles. The van der Waals surface area contributed by atoms with Crippen LogP contribution in [0.4, 0.5) is 0 Å². The van der Waals surface area contributed by atoms with Crippen molar-refractivity contribution < 1.29 is 62.0 Å². The summed E-state index contributed by atoms with van der Waals surface area (Å²) in [6.07, 6.45) is -3.91. The van der Waals surface area contributed by atoms with Crippen molar-refractivity contribution in [2.75, 3.05) is 0 Å². The fourth-order valence-electron chi connectivity index (χ4n) is 6.83. The number of hydrogen-bond acceptors (Lipinski definition) is 13. The van der Waals surface area contributed by atoms with Crippen LogP contribution < -0.4 is 0 Å². The Labute approximate surface area is 291 Å². The Morgan fingerprint density at radius 1 is 0.720 bits per heavy atom. The van der Waals surface area contributed by atoms with Crippen molar-refractivity contribution in [1.29, 1.82) is 0 Å². The summed E-state index contributed by atoms with van der Waals surface area (Å²) in [6.45, 7) is 13.7. The van der Waals surface area contributed by atoms with Crippen LogP contribution in [-0.2, 0) is 57.2 Å². The number of ether oxygens (including phenoxy) is 6. The van der Waals surface area contributed by atoms with Gasteiger partial charge in [0.15, 0.2) is 23.9 Å². The number of fused-ring (bicyclic) bond motifs is 1. The number of allylic oxidation sites excluding steroid dienone is 1. The van der Waals surface area contributed by atoms with Gasteiger partial charge < -0.3 is 28.4 Å². The van der Waals surface area contributed by atoms with Gasteiger partial charge in [0.1, 0.15) is 6.10 Å². The highest BCUT2D eigenvalue weighted by Gasteiger charge is 2.69. The summed E-state index contributed by atoms with van der Waals surface area (Å²) in [5.41, 5.74) is -2.72. The minimum atomic E-state index is -2.10. The Morgan fingerprint density at radius 3 is 1.78 bits per heavy atom. The van der Waals surface area contributed by atoms with Gasteiger partial charge >= 0.3 is 35.8 Å². The molecular formula is C37H46O13. The summed E-state index contributed by atoms with van der Waals surface area (Å²) in [5, 5.41) is 0. The molecule has 1 aromatic rings. The van der Waals surface area contributed by atoms with Crippen LogP contribution in [0.25, 0.3) is 0 Å². The van der Waals surface area contributed by atoms with E-state index in [2.05, 4.69) is 0 Å². The molecule has 0 aliphatic heterocycles. The predicted octanol–water partition coefficient (Wildman–Crippen LogP) is 4.40. The zero-order valence-corrected chi connectivity index (χ0v) is 30.1. The molecule has 3 rings (SSSR count). The number of carbonyl (C=O) groups excluding carboxylic acids is 7.